The van der Waals surface area contributed by atoms with Gasteiger partial charge in [0, 0.05) is 12.3 Å². The molecule has 122 valence electrons. The van der Waals surface area contributed by atoms with Crippen LogP contribution in [-0.2, 0) is 9.47 Å². The summed E-state index contributed by atoms with van der Waals surface area (Å²) in [6.45, 7) is 14.3. The summed E-state index contributed by atoms with van der Waals surface area (Å²) in [5.41, 5.74) is 3.08. The first kappa shape index (κ1) is 15.0. The SMILES string of the molecule is C=C(C)[C@H]1CCC2(C)CC1(C1CC(C)=CC[C@H]1C1(C)CO1)O2. The van der Waals surface area contributed by atoms with Gasteiger partial charge in [-0.15, -0.1) is 0 Å². The van der Waals surface area contributed by atoms with Crippen molar-refractivity contribution in [3.05, 3.63) is 23.8 Å². The number of rotatable bonds is 3. The van der Waals surface area contributed by atoms with Gasteiger partial charge in [0.1, 0.15) is 0 Å². The molecule has 22 heavy (non-hydrogen) atoms. The van der Waals surface area contributed by atoms with E-state index in [0.29, 0.717) is 17.8 Å². The van der Waals surface area contributed by atoms with Crippen LogP contribution < -0.4 is 0 Å². The van der Waals surface area contributed by atoms with E-state index in [1.165, 1.54) is 36.8 Å². The van der Waals surface area contributed by atoms with Crippen LogP contribution in [0.1, 0.15) is 59.8 Å². The molecular weight excluding hydrogens is 272 g/mol. The lowest BCUT2D eigenvalue weighted by molar-refractivity contribution is -0.340. The van der Waals surface area contributed by atoms with E-state index in [-0.39, 0.29) is 16.8 Å². The molecule has 0 spiro atoms. The van der Waals surface area contributed by atoms with Gasteiger partial charge in [-0.3, -0.25) is 0 Å². The lowest BCUT2D eigenvalue weighted by atomic mass is 9.52. The average molecular weight is 302 g/mol. The van der Waals surface area contributed by atoms with Crippen molar-refractivity contribution < 1.29 is 9.47 Å². The van der Waals surface area contributed by atoms with Crippen molar-refractivity contribution >= 4 is 0 Å². The summed E-state index contributed by atoms with van der Waals surface area (Å²) in [6, 6.07) is 0. The fourth-order valence-electron chi connectivity index (χ4n) is 5.77. The van der Waals surface area contributed by atoms with Gasteiger partial charge in [-0.05, 0) is 65.2 Å². The van der Waals surface area contributed by atoms with Crippen LogP contribution in [-0.4, -0.2) is 23.4 Å². The zero-order chi connectivity index (χ0) is 15.8. The van der Waals surface area contributed by atoms with Gasteiger partial charge in [0.15, 0.2) is 0 Å². The van der Waals surface area contributed by atoms with Crippen LogP contribution >= 0.6 is 0 Å². The van der Waals surface area contributed by atoms with Crippen molar-refractivity contribution in [1.29, 1.82) is 0 Å². The Labute approximate surface area is 134 Å². The van der Waals surface area contributed by atoms with Crippen LogP contribution in [0.4, 0.5) is 0 Å². The first-order valence-corrected chi connectivity index (χ1v) is 8.93. The Kier molecular flexibility index (Phi) is 3.05. The summed E-state index contributed by atoms with van der Waals surface area (Å²) >= 11 is 0. The highest BCUT2D eigenvalue weighted by Gasteiger charge is 2.67. The molecule has 3 saturated heterocycles. The molecule has 0 amide bonds. The molecule has 0 aromatic rings. The van der Waals surface area contributed by atoms with E-state index < -0.39 is 0 Å². The fraction of sp³-hybridized carbons (Fsp3) is 0.800. The van der Waals surface area contributed by atoms with Gasteiger partial charge < -0.3 is 9.47 Å². The minimum absolute atomic E-state index is 0.0218. The largest absolute Gasteiger partial charge is 0.370 e. The highest BCUT2D eigenvalue weighted by molar-refractivity contribution is 5.25. The Hall–Kier alpha value is -0.600. The number of hydrogen-bond donors (Lipinski definition) is 0. The van der Waals surface area contributed by atoms with E-state index in [0.717, 1.165) is 13.0 Å². The topological polar surface area (TPSA) is 21.8 Å². The summed E-state index contributed by atoms with van der Waals surface area (Å²) in [5.74, 6) is 1.70. The van der Waals surface area contributed by atoms with E-state index in [4.69, 9.17) is 9.47 Å². The molecule has 0 aromatic heterocycles. The quantitative estimate of drug-likeness (QED) is 0.559. The minimum Gasteiger partial charge on any atom is -0.370 e. The van der Waals surface area contributed by atoms with Gasteiger partial charge in [0.2, 0.25) is 0 Å². The zero-order valence-electron chi connectivity index (χ0n) is 14.6. The van der Waals surface area contributed by atoms with Crippen molar-refractivity contribution in [3.63, 3.8) is 0 Å². The molecule has 2 aliphatic carbocycles. The molecule has 3 aliphatic heterocycles. The van der Waals surface area contributed by atoms with E-state index in [9.17, 15) is 0 Å². The Morgan fingerprint density at radius 3 is 2.59 bits per heavy atom. The molecule has 2 bridgehead atoms. The smallest absolute Gasteiger partial charge is 0.0923 e. The number of allylic oxidation sites excluding steroid dienone is 2. The molecule has 0 radical (unpaired) electrons. The predicted molar refractivity (Wildman–Crippen MR) is 88.7 cm³/mol. The van der Waals surface area contributed by atoms with E-state index in [1.807, 2.05) is 0 Å². The number of epoxide rings is 1. The van der Waals surface area contributed by atoms with Crippen LogP contribution in [0, 0.1) is 17.8 Å². The molecule has 0 N–H and O–H groups in total. The molecular formula is C20H30O2. The first-order valence-electron chi connectivity index (χ1n) is 8.93. The number of ether oxygens (including phenoxy) is 2. The van der Waals surface area contributed by atoms with Gasteiger partial charge in [-0.25, -0.2) is 0 Å². The van der Waals surface area contributed by atoms with E-state index in [1.54, 1.807) is 0 Å². The molecule has 5 aliphatic rings. The van der Waals surface area contributed by atoms with Gasteiger partial charge >= 0.3 is 0 Å². The predicted octanol–water partition coefficient (Wildman–Crippen LogP) is 4.65. The maximum Gasteiger partial charge on any atom is 0.0923 e. The normalized spacial score (nSPS) is 53.5. The van der Waals surface area contributed by atoms with Crippen molar-refractivity contribution in [3.8, 4) is 0 Å². The van der Waals surface area contributed by atoms with Crippen molar-refractivity contribution in [2.45, 2.75) is 76.6 Å². The third-order valence-corrected chi connectivity index (χ3v) is 6.99. The van der Waals surface area contributed by atoms with Crippen LogP contribution in [0.3, 0.4) is 0 Å². The van der Waals surface area contributed by atoms with E-state index >= 15 is 0 Å². The third kappa shape index (κ3) is 1.99. The van der Waals surface area contributed by atoms with Crippen LogP contribution in [0.15, 0.2) is 23.8 Å². The Morgan fingerprint density at radius 1 is 1.32 bits per heavy atom. The van der Waals surface area contributed by atoms with Crippen LogP contribution in [0.2, 0.25) is 0 Å². The Balaban J connectivity index is 1.71. The number of fused-ring (bicyclic) bond motifs is 2. The molecule has 3 heterocycles. The Morgan fingerprint density at radius 2 is 2.00 bits per heavy atom. The minimum atomic E-state index is 0.0218. The Bertz CT molecular complexity index is 534. The molecule has 2 heteroatoms. The molecule has 4 fully saturated rings. The number of hydrogen-bond acceptors (Lipinski definition) is 2. The first-order chi connectivity index (χ1) is 10.3. The molecule has 0 aromatic carbocycles. The van der Waals surface area contributed by atoms with Crippen molar-refractivity contribution in [2.24, 2.45) is 17.8 Å². The van der Waals surface area contributed by atoms with Crippen molar-refractivity contribution in [1.82, 2.24) is 0 Å². The van der Waals surface area contributed by atoms with Crippen LogP contribution in [0.5, 0.6) is 0 Å². The standard InChI is InChI=1S/C20H30O2/c1-13(2)15-8-9-18(4)11-20(15,22-18)17-10-14(3)6-7-16(17)19(5)12-21-19/h6,15-17H,1,7-12H2,2-5H3/t15-,16-,17?,18?,19?,20?/m1/s1. The lowest BCUT2D eigenvalue weighted by Gasteiger charge is -2.67. The maximum atomic E-state index is 6.72. The molecule has 6 atom stereocenters. The molecule has 1 saturated carbocycles. The summed E-state index contributed by atoms with van der Waals surface area (Å²) in [5, 5.41) is 0. The van der Waals surface area contributed by atoms with Gasteiger partial charge in [-0.1, -0.05) is 23.8 Å². The monoisotopic (exact) mass is 302 g/mol. The van der Waals surface area contributed by atoms with Crippen LogP contribution in [0.25, 0.3) is 0 Å². The van der Waals surface area contributed by atoms with Crippen molar-refractivity contribution in [2.75, 3.05) is 6.61 Å². The highest BCUT2D eigenvalue weighted by Crippen LogP contribution is 2.64. The average Bonchev–Trinajstić information content (AvgIpc) is 3.16. The fourth-order valence-corrected chi connectivity index (χ4v) is 5.77. The second kappa shape index (κ2) is 4.48. The lowest BCUT2D eigenvalue weighted by Crippen LogP contribution is -2.70. The summed E-state index contributed by atoms with van der Waals surface area (Å²) in [6.07, 6.45) is 8.39. The van der Waals surface area contributed by atoms with Gasteiger partial charge in [-0.2, -0.15) is 0 Å². The molecule has 4 unspecified atom stereocenters. The second-order valence-electron chi connectivity index (χ2n) is 8.93. The maximum absolute atomic E-state index is 6.72. The van der Waals surface area contributed by atoms with Gasteiger partial charge in [0.05, 0.1) is 23.4 Å². The second-order valence-corrected chi connectivity index (χ2v) is 8.93. The van der Waals surface area contributed by atoms with E-state index in [2.05, 4.69) is 40.3 Å². The summed E-state index contributed by atoms with van der Waals surface area (Å²) in [7, 11) is 0. The highest BCUT2D eigenvalue weighted by atomic mass is 16.6. The zero-order valence-corrected chi connectivity index (χ0v) is 14.6. The summed E-state index contributed by atoms with van der Waals surface area (Å²) in [4.78, 5) is 0. The third-order valence-electron chi connectivity index (χ3n) is 6.99. The molecule has 2 nitrogen and oxygen atoms in total. The summed E-state index contributed by atoms with van der Waals surface area (Å²) < 4.78 is 12.6. The van der Waals surface area contributed by atoms with Gasteiger partial charge in [0.25, 0.3) is 0 Å². The molecule has 5 rings (SSSR count).